The molecule has 0 heterocycles. The van der Waals surface area contributed by atoms with E-state index in [0.717, 1.165) is 18.8 Å². The van der Waals surface area contributed by atoms with E-state index >= 15 is 0 Å². The van der Waals surface area contributed by atoms with Crippen molar-refractivity contribution in [2.75, 3.05) is 0 Å². The van der Waals surface area contributed by atoms with Crippen LogP contribution in [0.1, 0.15) is 64.7 Å². The lowest BCUT2D eigenvalue weighted by Crippen LogP contribution is -2.51. The van der Waals surface area contributed by atoms with E-state index in [1.165, 1.54) is 44.9 Å². The number of nitrogens with two attached hydrogens (primary N) is 1. The van der Waals surface area contributed by atoms with Crippen molar-refractivity contribution in [1.29, 1.82) is 0 Å². The Kier molecular flexibility index (Phi) is 5.04. The third-order valence-electron chi connectivity index (χ3n) is 4.86. The Morgan fingerprint density at radius 1 is 1.06 bits per heavy atom. The van der Waals surface area contributed by atoms with Crippen molar-refractivity contribution in [2.24, 2.45) is 17.6 Å². The molecule has 0 radical (unpaired) electrons. The highest BCUT2D eigenvalue weighted by molar-refractivity contribution is 5.80. The average molecular weight is 252 g/mol. The van der Waals surface area contributed by atoms with Gasteiger partial charge in [0.05, 0.1) is 6.04 Å². The van der Waals surface area contributed by atoms with Gasteiger partial charge in [-0.1, -0.05) is 39.0 Å². The highest BCUT2D eigenvalue weighted by Crippen LogP contribution is 2.31. The summed E-state index contributed by atoms with van der Waals surface area (Å²) in [5, 5.41) is 3.57. The molecule has 2 aliphatic rings. The van der Waals surface area contributed by atoms with Gasteiger partial charge >= 0.3 is 0 Å². The van der Waals surface area contributed by atoms with Crippen molar-refractivity contribution >= 4 is 5.91 Å². The molecule has 2 saturated carbocycles. The summed E-state index contributed by atoms with van der Waals surface area (Å²) in [6.07, 6.45) is 11.2. The Bertz CT molecular complexity index is 266. The van der Waals surface area contributed by atoms with E-state index < -0.39 is 0 Å². The maximum absolute atomic E-state index is 11.7. The Hall–Kier alpha value is -0.570. The number of hydrogen-bond donors (Lipinski definition) is 2. The maximum atomic E-state index is 11.7. The fourth-order valence-electron chi connectivity index (χ4n) is 3.59. The largest absolute Gasteiger partial charge is 0.368 e. The summed E-state index contributed by atoms with van der Waals surface area (Å²) in [5.41, 5.74) is 5.62. The maximum Gasteiger partial charge on any atom is 0.234 e. The fourth-order valence-corrected chi connectivity index (χ4v) is 3.59. The second-order valence-corrected chi connectivity index (χ2v) is 6.40. The topological polar surface area (TPSA) is 55.1 Å². The van der Waals surface area contributed by atoms with Crippen molar-refractivity contribution in [3.05, 3.63) is 0 Å². The van der Waals surface area contributed by atoms with Gasteiger partial charge in [0.15, 0.2) is 0 Å². The number of nitrogens with one attached hydrogen (secondary N) is 1. The minimum atomic E-state index is -0.139. The minimum Gasteiger partial charge on any atom is -0.368 e. The van der Waals surface area contributed by atoms with Gasteiger partial charge in [0.2, 0.25) is 5.91 Å². The molecule has 0 aromatic rings. The zero-order valence-corrected chi connectivity index (χ0v) is 11.7. The van der Waals surface area contributed by atoms with Crippen LogP contribution in [0, 0.1) is 11.8 Å². The smallest absolute Gasteiger partial charge is 0.234 e. The van der Waals surface area contributed by atoms with Gasteiger partial charge in [-0.15, -0.1) is 0 Å². The number of hydrogen-bond acceptors (Lipinski definition) is 2. The molecule has 3 nitrogen and oxygen atoms in total. The highest BCUT2D eigenvalue weighted by atomic mass is 16.1. The Balaban J connectivity index is 1.88. The molecule has 0 bridgehead atoms. The summed E-state index contributed by atoms with van der Waals surface area (Å²) in [5.74, 6) is 1.16. The van der Waals surface area contributed by atoms with Crippen LogP contribution in [0.4, 0.5) is 0 Å². The van der Waals surface area contributed by atoms with E-state index in [1.54, 1.807) is 0 Å². The summed E-state index contributed by atoms with van der Waals surface area (Å²) >= 11 is 0. The SMILES string of the molecule is CC1CCC(C(NC2CCCCC2)C(N)=O)CC1. The first kappa shape index (κ1) is 13.9. The molecular formula is C15H28N2O. The van der Waals surface area contributed by atoms with Gasteiger partial charge in [0.25, 0.3) is 0 Å². The first-order valence-corrected chi connectivity index (χ1v) is 7.72. The van der Waals surface area contributed by atoms with E-state index in [9.17, 15) is 4.79 Å². The van der Waals surface area contributed by atoms with Gasteiger partial charge in [0, 0.05) is 6.04 Å². The Labute approximate surface area is 111 Å². The third-order valence-corrected chi connectivity index (χ3v) is 4.86. The van der Waals surface area contributed by atoms with Crippen LogP contribution < -0.4 is 11.1 Å². The predicted octanol–water partition coefficient (Wildman–Crippen LogP) is 2.59. The third kappa shape index (κ3) is 3.71. The molecule has 104 valence electrons. The molecule has 1 amide bonds. The molecule has 3 N–H and O–H groups in total. The van der Waals surface area contributed by atoms with Gasteiger partial charge in [-0.2, -0.15) is 0 Å². The van der Waals surface area contributed by atoms with E-state index in [4.69, 9.17) is 5.73 Å². The number of amides is 1. The van der Waals surface area contributed by atoms with E-state index in [1.807, 2.05) is 0 Å². The zero-order chi connectivity index (χ0) is 13.0. The van der Waals surface area contributed by atoms with Crippen LogP contribution in [0.25, 0.3) is 0 Å². The summed E-state index contributed by atoms with van der Waals surface area (Å²) in [6, 6.07) is 0.441. The molecule has 1 atom stereocenters. The second-order valence-electron chi connectivity index (χ2n) is 6.40. The minimum absolute atomic E-state index is 0.0828. The van der Waals surface area contributed by atoms with Crippen molar-refractivity contribution < 1.29 is 4.79 Å². The monoisotopic (exact) mass is 252 g/mol. The highest BCUT2D eigenvalue weighted by Gasteiger charge is 2.31. The molecule has 2 rings (SSSR count). The molecule has 0 aromatic carbocycles. The normalized spacial score (nSPS) is 32.1. The molecule has 0 aromatic heterocycles. The number of carbonyl (C=O) groups excluding carboxylic acids is 1. The summed E-state index contributed by atoms with van der Waals surface area (Å²) < 4.78 is 0. The van der Waals surface area contributed by atoms with Gasteiger partial charge in [0.1, 0.15) is 0 Å². The fraction of sp³-hybridized carbons (Fsp3) is 0.933. The molecule has 2 fully saturated rings. The molecule has 0 spiro atoms. The number of carbonyl (C=O) groups is 1. The van der Waals surface area contributed by atoms with Crippen LogP contribution in [-0.2, 0) is 4.79 Å². The summed E-state index contributed by atoms with van der Waals surface area (Å²) in [6.45, 7) is 2.31. The first-order valence-electron chi connectivity index (χ1n) is 7.72. The van der Waals surface area contributed by atoms with Crippen LogP contribution in [0.5, 0.6) is 0 Å². The van der Waals surface area contributed by atoms with Crippen LogP contribution in [0.2, 0.25) is 0 Å². The number of primary amides is 1. The van der Waals surface area contributed by atoms with Crippen molar-refractivity contribution in [2.45, 2.75) is 76.8 Å². The lowest BCUT2D eigenvalue weighted by molar-refractivity contribution is -0.122. The lowest BCUT2D eigenvalue weighted by atomic mass is 9.78. The summed E-state index contributed by atoms with van der Waals surface area (Å²) in [7, 11) is 0. The molecule has 1 unspecified atom stereocenters. The van der Waals surface area contributed by atoms with Crippen molar-refractivity contribution in [3.8, 4) is 0 Å². The van der Waals surface area contributed by atoms with Gasteiger partial charge in [-0.25, -0.2) is 0 Å². The van der Waals surface area contributed by atoms with Crippen LogP contribution >= 0.6 is 0 Å². The Morgan fingerprint density at radius 2 is 1.67 bits per heavy atom. The molecular weight excluding hydrogens is 224 g/mol. The number of rotatable bonds is 4. The van der Waals surface area contributed by atoms with E-state index in [0.29, 0.717) is 12.0 Å². The van der Waals surface area contributed by atoms with Crippen LogP contribution in [0.15, 0.2) is 0 Å². The molecule has 0 aliphatic heterocycles. The van der Waals surface area contributed by atoms with Gasteiger partial charge < -0.3 is 11.1 Å². The predicted molar refractivity (Wildman–Crippen MR) is 74.1 cm³/mol. The van der Waals surface area contributed by atoms with Crippen molar-refractivity contribution in [3.63, 3.8) is 0 Å². The van der Waals surface area contributed by atoms with Gasteiger partial charge in [-0.05, 0) is 37.5 Å². The second kappa shape index (κ2) is 6.55. The Morgan fingerprint density at radius 3 is 2.22 bits per heavy atom. The lowest BCUT2D eigenvalue weighted by Gasteiger charge is -2.35. The van der Waals surface area contributed by atoms with Crippen molar-refractivity contribution in [1.82, 2.24) is 5.32 Å². The standard InChI is InChI=1S/C15H28N2O/c1-11-7-9-12(10-8-11)14(15(16)18)17-13-5-3-2-4-6-13/h11-14,17H,2-10H2,1H3,(H2,16,18). The molecule has 2 aliphatic carbocycles. The molecule has 3 heteroatoms. The van der Waals surface area contributed by atoms with Crippen LogP contribution in [0.3, 0.4) is 0 Å². The summed E-state index contributed by atoms with van der Waals surface area (Å²) in [4.78, 5) is 11.7. The van der Waals surface area contributed by atoms with E-state index in [2.05, 4.69) is 12.2 Å². The van der Waals surface area contributed by atoms with E-state index in [-0.39, 0.29) is 11.9 Å². The quantitative estimate of drug-likeness (QED) is 0.808. The molecule has 18 heavy (non-hydrogen) atoms. The molecule has 0 saturated heterocycles. The average Bonchev–Trinajstić information content (AvgIpc) is 2.38. The first-order chi connectivity index (χ1) is 8.66. The van der Waals surface area contributed by atoms with Crippen LogP contribution in [-0.4, -0.2) is 18.0 Å². The zero-order valence-electron chi connectivity index (χ0n) is 11.7. The van der Waals surface area contributed by atoms with Gasteiger partial charge in [-0.3, -0.25) is 4.79 Å².